The van der Waals surface area contributed by atoms with Crippen molar-refractivity contribution >= 4 is 5.78 Å². The Hall–Kier alpha value is -1.60. The predicted molar refractivity (Wildman–Crippen MR) is 64.3 cm³/mol. The van der Waals surface area contributed by atoms with Crippen LogP contribution >= 0.6 is 0 Å². The highest BCUT2D eigenvalue weighted by Gasteiger charge is 2.65. The Labute approximate surface area is 114 Å². The number of rotatable bonds is 4. The van der Waals surface area contributed by atoms with Crippen molar-refractivity contribution in [1.82, 2.24) is 0 Å². The molecular weight excluding hydrogens is 273 g/mol. The highest BCUT2D eigenvalue weighted by atomic mass is 19.4. The summed E-state index contributed by atoms with van der Waals surface area (Å²) in [5.74, 6) is 0.0467. The lowest BCUT2D eigenvalue weighted by molar-refractivity contribution is -0.911. The average molecular weight is 290 g/mol. The first kappa shape index (κ1) is 14.8. The lowest BCUT2D eigenvalue weighted by atomic mass is 9.98. The number of halogens is 3. The van der Waals surface area contributed by atoms with Gasteiger partial charge in [-0.3, -0.25) is 15.4 Å². The molecule has 0 bridgehead atoms. The van der Waals surface area contributed by atoms with Crippen molar-refractivity contribution in [3.8, 4) is 5.75 Å². The molecule has 0 atom stereocenters. The fourth-order valence-electron chi connectivity index (χ4n) is 2.39. The van der Waals surface area contributed by atoms with Gasteiger partial charge in [0.2, 0.25) is 0 Å². The van der Waals surface area contributed by atoms with E-state index in [1.54, 1.807) is 12.1 Å². The lowest BCUT2D eigenvalue weighted by Crippen LogP contribution is -3.15. The number of ketones is 1. The van der Waals surface area contributed by atoms with Crippen LogP contribution in [0.3, 0.4) is 0 Å². The third-order valence-electron chi connectivity index (χ3n) is 3.58. The van der Waals surface area contributed by atoms with E-state index in [9.17, 15) is 18.0 Å². The van der Waals surface area contributed by atoms with Crippen LogP contribution < -0.4 is 15.4 Å². The van der Waals surface area contributed by atoms with Crippen LogP contribution in [0.1, 0.15) is 16.8 Å². The van der Waals surface area contributed by atoms with E-state index in [0.717, 1.165) is 0 Å². The fourth-order valence-corrected chi connectivity index (χ4v) is 2.39. The van der Waals surface area contributed by atoms with Crippen LogP contribution in [0, 0.1) is 0 Å². The van der Waals surface area contributed by atoms with Crippen molar-refractivity contribution in [2.75, 3.05) is 20.2 Å². The highest BCUT2D eigenvalue weighted by molar-refractivity contribution is 5.96. The minimum absolute atomic E-state index is 0.267. The Morgan fingerprint density at radius 3 is 2.25 bits per heavy atom. The maximum atomic E-state index is 13.2. The second-order valence-electron chi connectivity index (χ2n) is 4.85. The summed E-state index contributed by atoms with van der Waals surface area (Å²) in [6.07, 6.45) is -4.99. The molecule has 1 aromatic rings. The summed E-state index contributed by atoms with van der Waals surface area (Å²) in [5.41, 5.74) is -1.81. The number of hydrogen-bond acceptors (Lipinski definition) is 2. The molecule has 0 saturated carbocycles. The van der Waals surface area contributed by atoms with E-state index in [1.165, 1.54) is 29.9 Å². The molecular formula is C13H17F3N2O2+2. The van der Waals surface area contributed by atoms with E-state index < -0.39 is 24.0 Å². The van der Waals surface area contributed by atoms with Gasteiger partial charge in [0.1, 0.15) is 25.3 Å². The van der Waals surface area contributed by atoms with Crippen LogP contribution in [-0.2, 0) is 0 Å². The summed E-state index contributed by atoms with van der Waals surface area (Å²) >= 11 is 0. The Balaban J connectivity index is 2.16. The normalized spacial score (nSPS) is 18.0. The standard InChI is InChI=1S/C13H15F3N2O2/c1-20-10-4-2-9(3-5-10)11(19)8-12(13(14,15)16)17-6-7-18-12/h2-5,17-18H,6-8H2,1H3/p+2. The van der Waals surface area contributed by atoms with Gasteiger partial charge in [-0.15, -0.1) is 0 Å². The topological polar surface area (TPSA) is 59.5 Å². The predicted octanol–water partition coefficient (Wildman–Crippen LogP) is -0.333. The Kier molecular flexibility index (Phi) is 4.01. The smallest absolute Gasteiger partial charge is 0.497 e. The summed E-state index contributed by atoms with van der Waals surface area (Å²) < 4.78 is 44.5. The maximum Gasteiger partial charge on any atom is 0.503 e. The monoisotopic (exact) mass is 290 g/mol. The molecule has 0 aliphatic carbocycles. The average Bonchev–Trinajstić information content (AvgIpc) is 2.88. The SMILES string of the molecule is COc1ccc(C(=O)CC2(C(F)(F)F)[NH2+]CC[NH2+]2)cc1. The van der Waals surface area contributed by atoms with Crippen LogP contribution in [0.25, 0.3) is 0 Å². The van der Waals surface area contributed by atoms with Gasteiger partial charge in [0, 0.05) is 5.56 Å². The van der Waals surface area contributed by atoms with Crippen LogP contribution in [0.15, 0.2) is 24.3 Å². The second kappa shape index (κ2) is 5.41. The molecule has 1 aliphatic rings. The first-order chi connectivity index (χ1) is 9.38. The van der Waals surface area contributed by atoms with Crippen molar-refractivity contribution in [2.45, 2.75) is 18.3 Å². The number of methoxy groups -OCH3 is 1. The molecule has 2 rings (SSSR count). The number of quaternary nitrogens is 2. The van der Waals surface area contributed by atoms with Crippen LogP contribution in [0.4, 0.5) is 13.2 Å². The van der Waals surface area contributed by atoms with E-state index in [4.69, 9.17) is 4.74 Å². The quantitative estimate of drug-likeness (QED) is 0.746. The zero-order valence-electron chi connectivity index (χ0n) is 11.0. The van der Waals surface area contributed by atoms with Gasteiger partial charge in [-0.1, -0.05) is 0 Å². The minimum Gasteiger partial charge on any atom is -0.497 e. The Morgan fingerprint density at radius 2 is 1.80 bits per heavy atom. The van der Waals surface area contributed by atoms with E-state index in [1.807, 2.05) is 0 Å². The summed E-state index contributed by atoms with van der Waals surface area (Å²) in [6.45, 7) is 0.713. The van der Waals surface area contributed by atoms with E-state index >= 15 is 0 Å². The van der Waals surface area contributed by atoms with Gasteiger partial charge < -0.3 is 4.74 Å². The summed E-state index contributed by atoms with van der Waals surface area (Å²) in [5, 5.41) is 2.41. The molecule has 1 fully saturated rings. The molecule has 0 amide bonds. The van der Waals surface area contributed by atoms with Crippen molar-refractivity contribution in [3.63, 3.8) is 0 Å². The van der Waals surface area contributed by atoms with Crippen molar-refractivity contribution < 1.29 is 33.3 Å². The van der Waals surface area contributed by atoms with E-state index in [2.05, 4.69) is 0 Å². The van der Waals surface area contributed by atoms with Crippen molar-refractivity contribution in [2.24, 2.45) is 0 Å². The third kappa shape index (κ3) is 2.78. The van der Waals surface area contributed by atoms with Crippen molar-refractivity contribution in [3.05, 3.63) is 29.8 Å². The number of nitrogens with two attached hydrogens (primary N) is 2. The minimum atomic E-state index is -4.42. The van der Waals surface area contributed by atoms with Gasteiger partial charge in [0.25, 0.3) is 0 Å². The molecule has 0 unspecified atom stereocenters. The molecule has 0 radical (unpaired) electrons. The third-order valence-corrected chi connectivity index (χ3v) is 3.58. The first-order valence-corrected chi connectivity index (χ1v) is 6.31. The molecule has 1 heterocycles. The zero-order valence-corrected chi connectivity index (χ0v) is 11.0. The number of carbonyl (C=O) groups excluding carboxylic acids is 1. The zero-order chi connectivity index (χ0) is 14.8. The van der Waals surface area contributed by atoms with Crippen molar-refractivity contribution in [1.29, 1.82) is 0 Å². The molecule has 110 valence electrons. The molecule has 1 saturated heterocycles. The van der Waals surface area contributed by atoms with Gasteiger partial charge in [-0.25, -0.2) is 0 Å². The molecule has 0 aromatic heterocycles. The van der Waals surface area contributed by atoms with Gasteiger partial charge in [-0.05, 0) is 24.3 Å². The fraction of sp³-hybridized carbons (Fsp3) is 0.462. The van der Waals surface area contributed by atoms with E-state index in [-0.39, 0.29) is 5.56 Å². The Bertz CT molecular complexity index is 479. The molecule has 4 N–H and O–H groups in total. The maximum absolute atomic E-state index is 13.2. The number of carbonyl (C=O) groups is 1. The number of alkyl halides is 3. The summed E-state index contributed by atoms with van der Waals surface area (Å²) in [7, 11) is 1.48. The molecule has 1 aliphatic heterocycles. The highest BCUT2D eigenvalue weighted by Crippen LogP contribution is 2.27. The summed E-state index contributed by atoms with van der Waals surface area (Å²) in [6, 6.07) is 6.10. The molecule has 20 heavy (non-hydrogen) atoms. The number of ether oxygens (including phenoxy) is 1. The van der Waals surface area contributed by atoms with Crippen LogP contribution in [-0.4, -0.2) is 37.8 Å². The second-order valence-corrected chi connectivity index (χ2v) is 4.85. The van der Waals surface area contributed by atoms with Crippen LogP contribution in [0.5, 0.6) is 5.75 Å². The molecule has 0 spiro atoms. The number of benzene rings is 1. The van der Waals surface area contributed by atoms with Gasteiger partial charge in [0.15, 0.2) is 5.78 Å². The van der Waals surface area contributed by atoms with Gasteiger partial charge in [-0.2, -0.15) is 13.2 Å². The van der Waals surface area contributed by atoms with E-state index in [0.29, 0.717) is 18.8 Å². The Morgan fingerprint density at radius 1 is 1.25 bits per heavy atom. The molecule has 7 heteroatoms. The summed E-state index contributed by atoms with van der Waals surface area (Å²) in [4.78, 5) is 12.1. The molecule has 1 aromatic carbocycles. The first-order valence-electron chi connectivity index (χ1n) is 6.31. The lowest BCUT2D eigenvalue weighted by Gasteiger charge is -2.24. The number of Topliss-reactive ketones (excluding diaryl/α,β-unsaturated/α-hetero) is 1. The van der Waals surface area contributed by atoms with Gasteiger partial charge in [0.05, 0.1) is 7.11 Å². The largest absolute Gasteiger partial charge is 0.503 e. The molecule has 4 nitrogen and oxygen atoms in total. The number of hydrogen-bond donors (Lipinski definition) is 2. The van der Waals surface area contributed by atoms with Gasteiger partial charge >= 0.3 is 11.8 Å². The van der Waals surface area contributed by atoms with Crippen LogP contribution in [0.2, 0.25) is 0 Å².